The molecule has 2 bridgehead atoms. The van der Waals surface area contributed by atoms with Gasteiger partial charge in [0.25, 0.3) is 0 Å². The summed E-state index contributed by atoms with van der Waals surface area (Å²) in [6, 6.07) is 52.4. The van der Waals surface area contributed by atoms with Crippen molar-refractivity contribution in [3.8, 4) is 0 Å². The van der Waals surface area contributed by atoms with E-state index in [-0.39, 0.29) is 11.8 Å². The Bertz CT molecular complexity index is 1930. The highest BCUT2D eigenvalue weighted by Gasteiger charge is 2.45. The summed E-state index contributed by atoms with van der Waals surface area (Å²) in [5, 5.41) is 4.09. The minimum Gasteiger partial charge on any atom is -0.249 e. The molecule has 0 saturated carbocycles. The smallest absolute Gasteiger partial charge is 0.0852 e. The maximum absolute atomic E-state index is 14.3. The van der Waals surface area contributed by atoms with Gasteiger partial charge in [-0.1, -0.05) is 133 Å². The molecule has 42 heavy (non-hydrogen) atoms. The van der Waals surface area contributed by atoms with Crippen molar-refractivity contribution in [2.24, 2.45) is 0 Å². The second-order valence-electron chi connectivity index (χ2n) is 11.1. The van der Waals surface area contributed by atoms with E-state index in [4.69, 9.17) is 0 Å². The van der Waals surface area contributed by atoms with Crippen LogP contribution in [0.5, 0.6) is 0 Å². The van der Waals surface area contributed by atoms with Gasteiger partial charge in [0, 0.05) is 21.6 Å². The third-order valence-corrected chi connectivity index (χ3v) is 12.7. The average molecular weight is 577 g/mol. The van der Waals surface area contributed by atoms with Gasteiger partial charge in [0.05, 0.1) is 10.8 Å². The molecule has 0 amide bonds. The summed E-state index contributed by atoms with van der Waals surface area (Å²) in [6.07, 6.45) is 0. The Morgan fingerprint density at radius 2 is 1.02 bits per heavy atom. The summed E-state index contributed by atoms with van der Waals surface area (Å²) in [6.45, 7) is 2.07. The number of rotatable bonds is 5. The zero-order valence-corrected chi connectivity index (χ0v) is 25.0. The van der Waals surface area contributed by atoms with Crippen LogP contribution in [-0.4, -0.2) is 4.21 Å². The van der Waals surface area contributed by atoms with Gasteiger partial charge >= 0.3 is 0 Å². The zero-order valence-electron chi connectivity index (χ0n) is 23.3. The van der Waals surface area contributed by atoms with Crippen LogP contribution in [0.3, 0.4) is 0 Å². The lowest BCUT2D eigenvalue weighted by atomic mass is 9.61. The first kappa shape index (κ1) is 25.6. The van der Waals surface area contributed by atoms with E-state index in [2.05, 4.69) is 140 Å². The Hall–Kier alpha value is -4.10. The lowest BCUT2D eigenvalue weighted by molar-refractivity contribution is 0.678. The van der Waals surface area contributed by atoms with Gasteiger partial charge < -0.3 is 0 Å². The van der Waals surface area contributed by atoms with Crippen LogP contribution >= 0.6 is 7.92 Å². The molecule has 3 aliphatic rings. The van der Waals surface area contributed by atoms with E-state index in [0.29, 0.717) is 0 Å². The van der Waals surface area contributed by atoms with Crippen molar-refractivity contribution in [1.29, 1.82) is 0 Å². The molecule has 202 valence electrons. The summed E-state index contributed by atoms with van der Waals surface area (Å²) < 4.78 is 14.3. The largest absolute Gasteiger partial charge is 0.249 e. The molecule has 3 atom stereocenters. The van der Waals surface area contributed by atoms with Gasteiger partial charge in [0.1, 0.15) is 0 Å². The Labute approximate surface area is 251 Å². The zero-order chi connectivity index (χ0) is 28.2. The van der Waals surface area contributed by atoms with Crippen molar-refractivity contribution in [2.45, 2.75) is 28.6 Å². The predicted molar refractivity (Wildman–Crippen MR) is 176 cm³/mol. The number of benzene rings is 6. The minimum absolute atomic E-state index is 0.0235. The number of aryl methyl sites for hydroxylation is 1. The molecule has 1 nitrogen and oxygen atoms in total. The van der Waals surface area contributed by atoms with Crippen molar-refractivity contribution in [1.82, 2.24) is 0 Å². The summed E-state index contributed by atoms with van der Waals surface area (Å²) in [5.41, 5.74) is 9.22. The second kappa shape index (κ2) is 10.3. The van der Waals surface area contributed by atoms with Gasteiger partial charge in [-0.05, 0) is 82.3 Å². The maximum atomic E-state index is 14.3. The quantitative estimate of drug-likeness (QED) is 0.190. The SMILES string of the molecule is Cc1ccc(S(=O)c2cccc3c2[C@H]2c4ccccc4[C@@H]3c3cccc(P(c4ccccc4)c4ccccc4)c32)cc1. The van der Waals surface area contributed by atoms with E-state index >= 15 is 0 Å². The molecule has 0 fully saturated rings. The standard InChI is InChI=1S/C39H29OPS/c1-26-22-24-29(25-23-26)42(40)35-21-11-19-33-36-30-16-8-9-17-31(30)39(38(33)35)37-32(36)18-10-20-34(37)41(27-12-4-2-5-13-27)28-14-6-3-7-15-28/h2-25,36,39H,1H3/t36-,39+,42?/m1/s1. The van der Waals surface area contributed by atoms with Gasteiger partial charge in [-0.15, -0.1) is 0 Å². The van der Waals surface area contributed by atoms with Crippen molar-refractivity contribution in [3.63, 3.8) is 0 Å². The van der Waals surface area contributed by atoms with Crippen LogP contribution in [0.2, 0.25) is 0 Å². The summed E-state index contributed by atoms with van der Waals surface area (Å²) in [5.74, 6) is 0.143. The van der Waals surface area contributed by atoms with Crippen LogP contribution in [0.15, 0.2) is 155 Å². The normalized spacial score (nSPS) is 16.9. The molecule has 3 aliphatic carbocycles. The van der Waals surface area contributed by atoms with Gasteiger partial charge in [-0.3, -0.25) is 0 Å². The summed E-state index contributed by atoms with van der Waals surface area (Å²) in [7, 11) is -2.08. The Balaban J connectivity index is 1.40. The Morgan fingerprint density at radius 3 is 1.67 bits per heavy atom. The van der Waals surface area contributed by atoms with Crippen molar-refractivity contribution < 1.29 is 4.21 Å². The first-order valence-electron chi connectivity index (χ1n) is 14.4. The van der Waals surface area contributed by atoms with E-state index < -0.39 is 18.7 Å². The first-order valence-corrected chi connectivity index (χ1v) is 16.9. The van der Waals surface area contributed by atoms with E-state index in [1.165, 1.54) is 54.9 Å². The molecule has 1 unspecified atom stereocenters. The molecule has 0 saturated heterocycles. The highest BCUT2D eigenvalue weighted by Crippen LogP contribution is 2.58. The first-order chi connectivity index (χ1) is 20.7. The molecular formula is C39H29OPS. The van der Waals surface area contributed by atoms with Crippen LogP contribution in [0, 0.1) is 6.92 Å². The minimum atomic E-state index is -1.28. The molecule has 0 radical (unpaired) electrons. The van der Waals surface area contributed by atoms with E-state index in [1.54, 1.807) is 0 Å². The maximum Gasteiger partial charge on any atom is 0.0852 e. The molecular weight excluding hydrogens is 547 g/mol. The van der Waals surface area contributed by atoms with Crippen LogP contribution in [0.25, 0.3) is 0 Å². The fraction of sp³-hybridized carbons (Fsp3) is 0.0769. The highest BCUT2D eigenvalue weighted by molar-refractivity contribution is 7.85. The molecule has 0 heterocycles. The molecule has 3 heteroatoms. The lowest BCUT2D eigenvalue weighted by Gasteiger charge is -2.44. The van der Waals surface area contributed by atoms with Crippen LogP contribution in [0.1, 0.15) is 50.8 Å². The summed E-state index contributed by atoms with van der Waals surface area (Å²) >= 11 is 0. The Morgan fingerprint density at radius 1 is 0.500 bits per heavy atom. The van der Waals surface area contributed by atoms with Crippen molar-refractivity contribution in [2.75, 3.05) is 0 Å². The predicted octanol–water partition coefficient (Wildman–Crippen LogP) is 7.91. The molecule has 0 N–H and O–H groups in total. The van der Waals surface area contributed by atoms with Gasteiger partial charge in [-0.2, -0.15) is 0 Å². The molecule has 0 aromatic heterocycles. The molecule has 9 rings (SSSR count). The topological polar surface area (TPSA) is 17.1 Å². The molecule has 0 aliphatic heterocycles. The van der Waals surface area contributed by atoms with Crippen LogP contribution in [0.4, 0.5) is 0 Å². The fourth-order valence-corrected chi connectivity index (χ4v) is 10.8. The third-order valence-electron chi connectivity index (χ3n) is 8.74. The lowest BCUT2D eigenvalue weighted by Crippen LogP contribution is -2.34. The second-order valence-corrected chi connectivity index (χ2v) is 14.8. The summed E-state index contributed by atoms with van der Waals surface area (Å²) in [4.78, 5) is 1.79. The van der Waals surface area contributed by atoms with Crippen molar-refractivity contribution >= 4 is 34.6 Å². The molecule has 6 aromatic rings. The van der Waals surface area contributed by atoms with E-state index in [9.17, 15) is 4.21 Å². The van der Waals surface area contributed by atoms with Gasteiger partial charge in [0.2, 0.25) is 0 Å². The van der Waals surface area contributed by atoms with Gasteiger partial charge in [-0.25, -0.2) is 4.21 Å². The number of hydrogen-bond donors (Lipinski definition) is 0. The molecule has 0 spiro atoms. The average Bonchev–Trinajstić information content (AvgIpc) is 3.05. The Kier molecular flexibility index (Phi) is 6.29. The monoisotopic (exact) mass is 576 g/mol. The third kappa shape index (κ3) is 3.97. The van der Waals surface area contributed by atoms with Crippen LogP contribution < -0.4 is 15.9 Å². The number of hydrogen-bond acceptors (Lipinski definition) is 1. The van der Waals surface area contributed by atoms with Gasteiger partial charge in [0.15, 0.2) is 0 Å². The van der Waals surface area contributed by atoms with E-state index in [0.717, 1.165) is 9.79 Å². The van der Waals surface area contributed by atoms with Crippen molar-refractivity contribution in [3.05, 3.63) is 185 Å². The fourth-order valence-electron chi connectivity index (χ4n) is 6.98. The highest BCUT2D eigenvalue weighted by atomic mass is 32.2. The van der Waals surface area contributed by atoms with Crippen LogP contribution in [-0.2, 0) is 10.8 Å². The van der Waals surface area contributed by atoms with E-state index in [1.807, 2.05) is 12.1 Å². The molecule has 6 aromatic carbocycles.